The van der Waals surface area contributed by atoms with Crippen LogP contribution < -0.4 is 5.56 Å². The van der Waals surface area contributed by atoms with Crippen LogP contribution in [0, 0.1) is 6.92 Å². The molecule has 0 saturated carbocycles. The summed E-state index contributed by atoms with van der Waals surface area (Å²) in [6, 6.07) is 14.4. The van der Waals surface area contributed by atoms with Gasteiger partial charge in [-0.15, -0.1) is 0 Å². The molecule has 0 amide bonds. The number of carbonyl (C=O) groups excluding carboxylic acids is 1. The predicted octanol–water partition coefficient (Wildman–Crippen LogP) is 2.94. The molecule has 3 heterocycles. The maximum absolute atomic E-state index is 12.2. The fourth-order valence-corrected chi connectivity index (χ4v) is 2.79. The number of aryl methyl sites for hydroxylation is 1. The van der Waals surface area contributed by atoms with Crippen molar-refractivity contribution in [3.05, 3.63) is 88.3 Å². The van der Waals surface area contributed by atoms with Crippen molar-refractivity contribution in [2.75, 3.05) is 0 Å². The second-order valence-corrected chi connectivity index (χ2v) is 6.37. The zero-order valence-electron chi connectivity index (χ0n) is 15.2. The molecule has 4 rings (SSSR count). The van der Waals surface area contributed by atoms with E-state index in [1.807, 2.05) is 43.3 Å². The number of hydrogen-bond acceptors (Lipinski definition) is 6. The molecule has 0 aliphatic heterocycles. The highest BCUT2D eigenvalue weighted by Gasteiger charge is 2.12. The summed E-state index contributed by atoms with van der Waals surface area (Å²) in [7, 11) is 0. The first-order valence-electron chi connectivity index (χ1n) is 8.73. The molecule has 0 atom stereocenters. The van der Waals surface area contributed by atoms with Crippen molar-refractivity contribution in [3.8, 4) is 11.5 Å². The Hall–Kier alpha value is -3.74. The molecule has 0 N–H and O–H groups in total. The first-order valence-corrected chi connectivity index (χ1v) is 8.73. The average molecular weight is 375 g/mol. The largest absolute Gasteiger partial charge is 0.459 e. The van der Waals surface area contributed by atoms with Crippen LogP contribution in [-0.4, -0.2) is 20.3 Å². The van der Waals surface area contributed by atoms with Gasteiger partial charge in [0.2, 0.25) is 5.89 Å². The Labute approximate surface area is 160 Å². The molecule has 4 aromatic rings. The number of aromatic nitrogens is 3. The van der Waals surface area contributed by atoms with Crippen molar-refractivity contribution in [1.82, 2.24) is 14.4 Å². The Morgan fingerprint density at radius 2 is 1.93 bits per heavy atom. The number of hydrogen-bond donors (Lipinski definition) is 0. The summed E-state index contributed by atoms with van der Waals surface area (Å²) in [6.45, 7) is 1.82. The van der Waals surface area contributed by atoms with Gasteiger partial charge in [0.05, 0.1) is 17.8 Å². The normalized spacial score (nSPS) is 10.9. The van der Waals surface area contributed by atoms with Gasteiger partial charge in [-0.1, -0.05) is 24.3 Å². The van der Waals surface area contributed by atoms with Gasteiger partial charge in [-0.25, -0.2) is 9.97 Å². The summed E-state index contributed by atoms with van der Waals surface area (Å²) < 4.78 is 12.1. The van der Waals surface area contributed by atoms with Crippen molar-refractivity contribution in [2.24, 2.45) is 0 Å². The van der Waals surface area contributed by atoms with E-state index in [1.54, 1.807) is 12.3 Å². The Morgan fingerprint density at radius 3 is 2.75 bits per heavy atom. The van der Waals surface area contributed by atoms with Gasteiger partial charge in [-0.2, -0.15) is 0 Å². The molecule has 7 heteroatoms. The summed E-state index contributed by atoms with van der Waals surface area (Å²) >= 11 is 0. The monoisotopic (exact) mass is 375 g/mol. The topological polar surface area (TPSA) is 86.7 Å². The summed E-state index contributed by atoms with van der Waals surface area (Å²) in [6.07, 6.45) is 3.13. The van der Waals surface area contributed by atoms with E-state index in [2.05, 4.69) is 9.97 Å². The molecule has 140 valence electrons. The Kier molecular flexibility index (Phi) is 4.72. The van der Waals surface area contributed by atoms with Crippen molar-refractivity contribution < 1.29 is 13.9 Å². The maximum Gasteiger partial charge on any atom is 0.312 e. The first kappa shape index (κ1) is 17.7. The number of pyridine rings is 1. The van der Waals surface area contributed by atoms with Crippen LogP contribution in [0.5, 0.6) is 0 Å². The van der Waals surface area contributed by atoms with E-state index in [4.69, 9.17) is 9.15 Å². The van der Waals surface area contributed by atoms with Crippen LogP contribution in [0.3, 0.4) is 0 Å². The molecule has 3 aromatic heterocycles. The van der Waals surface area contributed by atoms with E-state index in [-0.39, 0.29) is 18.6 Å². The molecule has 0 fully saturated rings. The third kappa shape index (κ3) is 3.83. The minimum absolute atomic E-state index is 0.0257. The summed E-state index contributed by atoms with van der Waals surface area (Å²) in [5.74, 6) is -0.0262. The van der Waals surface area contributed by atoms with Crippen LogP contribution >= 0.6 is 0 Å². The van der Waals surface area contributed by atoms with Gasteiger partial charge in [0.25, 0.3) is 5.56 Å². The minimum atomic E-state index is -0.473. The van der Waals surface area contributed by atoms with Crippen LogP contribution in [0.1, 0.15) is 17.0 Å². The van der Waals surface area contributed by atoms with E-state index >= 15 is 0 Å². The smallest absolute Gasteiger partial charge is 0.312 e. The summed E-state index contributed by atoms with van der Waals surface area (Å²) in [5, 5.41) is 0. The SMILES string of the molecule is Cc1ccc2nc(COC(=O)Cc3coc(-c4ccccc4)n3)cc(=O)n2c1. The van der Waals surface area contributed by atoms with Crippen LogP contribution in [-0.2, 0) is 22.6 Å². The van der Waals surface area contributed by atoms with Gasteiger partial charge >= 0.3 is 5.97 Å². The highest BCUT2D eigenvalue weighted by molar-refractivity contribution is 5.72. The van der Waals surface area contributed by atoms with Crippen molar-refractivity contribution in [2.45, 2.75) is 20.0 Å². The molecule has 0 radical (unpaired) electrons. The Balaban J connectivity index is 1.41. The van der Waals surface area contributed by atoms with E-state index in [0.717, 1.165) is 11.1 Å². The molecule has 28 heavy (non-hydrogen) atoms. The molecule has 0 aliphatic rings. The zero-order chi connectivity index (χ0) is 19.5. The molecular weight excluding hydrogens is 358 g/mol. The lowest BCUT2D eigenvalue weighted by atomic mass is 10.2. The molecule has 0 aliphatic carbocycles. The first-order chi connectivity index (χ1) is 13.6. The van der Waals surface area contributed by atoms with Gasteiger partial charge in [-0.3, -0.25) is 14.0 Å². The van der Waals surface area contributed by atoms with Crippen molar-refractivity contribution >= 4 is 11.6 Å². The molecule has 0 unspecified atom stereocenters. The number of ether oxygens (including phenoxy) is 1. The fourth-order valence-electron chi connectivity index (χ4n) is 2.79. The van der Waals surface area contributed by atoms with Crippen LogP contribution in [0.15, 0.2) is 70.2 Å². The van der Waals surface area contributed by atoms with Crippen molar-refractivity contribution in [1.29, 1.82) is 0 Å². The lowest BCUT2D eigenvalue weighted by molar-refractivity contribution is -0.144. The second-order valence-electron chi connectivity index (χ2n) is 6.37. The summed E-state index contributed by atoms with van der Waals surface area (Å²) in [4.78, 5) is 32.9. The molecule has 7 nitrogen and oxygen atoms in total. The molecule has 0 saturated heterocycles. The lowest BCUT2D eigenvalue weighted by Gasteiger charge is -2.06. The van der Waals surface area contributed by atoms with Gasteiger partial charge in [-0.05, 0) is 30.7 Å². The van der Waals surface area contributed by atoms with E-state index in [1.165, 1.54) is 16.7 Å². The second kappa shape index (κ2) is 7.48. The lowest BCUT2D eigenvalue weighted by Crippen LogP contribution is -2.17. The average Bonchev–Trinajstić information content (AvgIpc) is 3.16. The highest BCUT2D eigenvalue weighted by atomic mass is 16.5. The third-order valence-electron chi connectivity index (χ3n) is 4.14. The number of oxazole rings is 1. The zero-order valence-corrected chi connectivity index (χ0v) is 15.2. The van der Waals surface area contributed by atoms with Crippen LogP contribution in [0.2, 0.25) is 0 Å². The molecule has 0 bridgehead atoms. The van der Waals surface area contributed by atoms with Gasteiger partial charge < -0.3 is 9.15 Å². The molecular formula is C21H17N3O4. The Morgan fingerprint density at radius 1 is 1.11 bits per heavy atom. The number of benzene rings is 1. The summed E-state index contributed by atoms with van der Waals surface area (Å²) in [5.41, 5.74) is 2.95. The highest BCUT2D eigenvalue weighted by Crippen LogP contribution is 2.18. The van der Waals surface area contributed by atoms with Gasteiger partial charge in [0, 0.05) is 17.8 Å². The number of fused-ring (bicyclic) bond motifs is 1. The molecule has 0 spiro atoms. The molecule has 1 aromatic carbocycles. The predicted molar refractivity (Wildman–Crippen MR) is 102 cm³/mol. The van der Waals surface area contributed by atoms with Crippen LogP contribution in [0.4, 0.5) is 0 Å². The number of nitrogens with zero attached hydrogens (tertiary/aromatic N) is 3. The maximum atomic E-state index is 12.2. The fraction of sp³-hybridized carbons (Fsp3) is 0.143. The van der Waals surface area contributed by atoms with Crippen molar-refractivity contribution in [3.63, 3.8) is 0 Å². The van der Waals surface area contributed by atoms with Gasteiger partial charge in [0.1, 0.15) is 18.5 Å². The van der Waals surface area contributed by atoms with Gasteiger partial charge in [0.15, 0.2) is 0 Å². The van der Waals surface area contributed by atoms with E-state index < -0.39 is 5.97 Å². The standard InChI is InChI=1S/C21H17N3O4/c1-14-7-8-18-22-16(9-19(25)24(18)11-14)12-27-20(26)10-17-13-28-21(23-17)15-5-3-2-4-6-15/h2-9,11,13H,10,12H2,1H3. The van der Waals surface area contributed by atoms with Crippen LogP contribution in [0.25, 0.3) is 17.1 Å². The van der Waals surface area contributed by atoms with E-state index in [0.29, 0.717) is 22.9 Å². The minimum Gasteiger partial charge on any atom is -0.459 e. The number of esters is 1. The third-order valence-corrected chi connectivity index (χ3v) is 4.14. The number of carbonyl (C=O) groups is 1. The quantitative estimate of drug-likeness (QED) is 0.499. The Bertz CT molecular complexity index is 1200. The number of rotatable bonds is 5. The van der Waals surface area contributed by atoms with E-state index in [9.17, 15) is 9.59 Å².